The van der Waals surface area contributed by atoms with Crippen LogP contribution in [0.4, 0.5) is 0 Å². The van der Waals surface area contributed by atoms with E-state index in [1.54, 1.807) is 6.92 Å². The van der Waals surface area contributed by atoms with E-state index in [9.17, 15) is 9.59 Å². The Bertz CT molecular complexity index is 445. The zero-order chi connectivity index (χ0) is 15.3. The van der Waals surface area contributed by atoms with Crippen molar-refractivity contribution in [2.45, 2.75) is 46.0 Å². The lowest BCUT2D eigenvalue weighted by molar-refractivity contribution is -0.147. The van der Waals surface area contributed by atoms with Crippen LogP contribution in [0.25, 0.3) is 0 Å². The molecule has 4 heteroatoms. The summed E-state index contributed by atoms with van der Waals surface area (Å²) < 4.78 is 0. The number of rotatable bonds is 4. The van der Waals surface area contributed by atoms with E-state index in [1.165, 1.54) is 0 Å². The SMILES string of the molecule is CCC#CCN1CCC2(CC1)CN(C(=O)CCC(C)=O)C2. The second-order valence-electron chi connectivity index (χ2n) is 6.44. The summed E-state index contributed by atoms with van der Waals surface area (Å²) in [5.74, 6) is 6.56. The molecule has 116 valence electrons. The van der Waals surface area contributed by atoms with Gasteiger partial charge >= 0.3 is 0 Å². The van der Waals surface area contributed by atoms with Crippen LogP contribution in [0.15, 0.2) is 0 Å². The van der Waals surface area contributed by atoms with Gasteiger partial charge in [-0.05, 0) is 32.9 Å². The smallest absolute Gasteiger partial charge is 0.223 e. The van der Waals surface area contributed by atoms with Crippen molar-refractivity contribution in [3.05, 3.63) is 0 Å². The molecule has 4 nitrogen and oxygen atoms in total. The molecule has 21 heavy (non-hydrogen) atoms. The minimum Gasteiger partial charge on any atom is -0.341 e. The molecule has 0 aliphatic carbocycles. The van der Waals surface area contributed by atoms with Gasteiger partial charge < -0.3 is 9.69 Å². The zero-order valence-corrected chi connectivity index (χ0v) is 13.3. The van der Waals surface area contributed by atoms with Crippen molar-refractivity contribution in [3.8, 4) is 11.8 Å². The zero-order valence-electron chi connectivity index (χ0n) is 13.3. The van der Waals surface area contributed by atoms with Crippen LogP contribution in [-0.4, -0.2) is 54.2 Å². The second kappa shape index (κ2) is 7.09. The van der Waals surface area contributed by atoms with Gasteiger partial charge in [-0.1, -0.05) is 12.8 Å². The Morgan fingerprint density at radius 2 is 1.76 bits per heavy atom. The monoisotopic (exact) mass is 290 g/mol. The summed E-state index contributed by atoms with van der Waals surface area (Å²) in [5, 5.41) is 0. The average molecular weight is 290 g/mol. The fraction of sp³-hybridized carbons (Fsp3) is 0.765. The van der Waals surface area contributed by atoms with Crippen LogP contribution in [0.5, 0.6) is 0 Å². The van der Waals surface area contributed by atoms with E-state index < -0.39 is 0 Å². The van der Waals surface area contributed by atoms with E-state index in [1.807, 2.05) is 4.90 Å². The molecule has 2 heterocycles. The Labute approximate surface area is 127 Å². The van der Waals surface area contributed by atoms with Gasteiger partial charge in [-0.3, -0.25) is 9.69 Å². The van der Waals surface area contributed by atoms with Crippen LogP contribution < -0.4 is 0 Å². The summed E-state index contributed by atoms with van der Waals surface area (Å²) >= 11 is 0. The Kier molecular flexibility index (Phi) is 5.41. The third-order valence-electron chi connectivity index (χ3n) is 4.62. The number of amides is 1. The van der Waals surface area contributed by atoms with Crippen molar-refractivity contribution in [2.75, 3.05) is 32.7 Å². The first kappa shape index (κ1) is 16.0. The van der Waals surface area contributed by atoms with Gasteiger partial charge in [-0.25, -0.2) is 0 Å². The second-order valence-corrected chi connectivity index (χ2v) is 6.44. The maximum absolute atomic E-state index is 11.9. The molecule has 0 radical (unpaired) electrons. The van der Waals surface area contributed by atoms with Gasteiger partial charge in [0.1, 0.15) is 5.78 Å². The van der Waals surface area contributed by atoms with E-state index in [2.05, 4.69) is 23.7 Å². The summed E-state index contributed by atoms with van der Waals surface area (Å²) in [6, 6.07) is 0. The van der Waals surface area contributed by atoms with Crippen LogP contribution in [0.1, 0.15) is 46.0 Å². The molecule has 0 saturated carbocycles. The van der Waals surface area contributed by atoms with Crippen molar-refractivity contribution in [2.24, 2.45) is 5.41 Å². The predicted octanol–water partition coefficient (Wildman–Crippen LogP) is 1.69. The summed E-state index contributed by atoms with van der Waals surface area (Å²) in [6.45, 7) is 8.45. The number of piperidine rings is 1. The lowest BCUT2D eigenvalue weighted by atomic mass is 9.72. The molecule has 1 amide bonds. The number of nitrogens with zero attached hydrogens (tertiary/aromatic N) is 2. The Morgan fingerprint density at radius 3 is 2.33 bits per heavy atom. The third kappa shape index (κ3) is 4.31. The first-order valence-electron chi connectivity index (χ1n) is 8.00. The molecule has 0 aromatic rings. The van der Waals surface area contributed by atoms with Crippen LogP contribution in [0.2, 0.25) is 0 Å². The highest BCUT2D eigenvalue weighted by Gasteiger charge is 2.46. The standard InChI is InChI=1S/C17H26N2O2/c1-3-4-5-10-18-11-8-17(9-12-18)13-19(14-17)16(21)7-6-15(2)20/h3,6-14H2,1-2H3. The van der Waals surface area contributed by atoms with E-state index in [0.717, 1.165) is 52.0 Å². The highest BCUT2D eigenvalue weighted by atomic mass is 16.2. The van der Waals surface area contributed by atoms with Crippen molar-refractivity contribution in [3.63, 3.8) is 0 Å². The molecule has 2 fully saturated rings. The molecule has 2 aliphatic rings. The molecule has 0 aromatic carbocycles. The Morgan fingerprint density at radius 1 is 1.10 bits per heavy atom. The van der Waals surface area contributed by atoms with Crippen LogP contribution in [0, 0.1) is 17.3 Å². The fourth-order valence-electron chi connectivity index (χ4n) is 3.18. The molecule has 0 unspecified atom stereocenters. The summed E-state index contributed by atoms with van der Waals surface area (Å²) in [7, 11) is 0. The maximum Gasteiger partial charge on any atom is 0.223 e. The molecule has 2 saturated heterocycles. The largest absolute Gasteiger partial charge is 0.341 e. The van der Waals surface area contributed by atoms with E-state index in [4.69, 9.17) is 0 Å². The fourth-order valence-corrected chi connectivity index (χ4v) is 3.18. The highest BCUT2D eigenvalue weighted by Crippen LogP contribution is 2.40. The van der Waals surface area contributed by atoms with Crippen molar-refractivity contribution in [1.29, 1.82) is 0 Å². The summed E-state index contributed by atoms with van der Waals surface area (Å²) in [6.07, 6.45) is 4.01. The van der Waals surface area contributed by atoms with Crippen molar-refractivity contribution < 1.29 is 9.59 Å². The first-order chi connectivity index (χ1) is 10.0. The molecule has 0 aromatic heterocycles. The quantitative estimate of drug-likeness (QED) is 0.740. The highest BCUT2D eigenvalue weighted by molar-refractivity contribution is 5.84. The van der Waals surface area contributed by atoms with Crippen molar-refractivity contribution in [1.82, 2.24) is 9.80 Å². The lowest BCUT2D eigenvalue weighted by Gasteiger charge is -2.54. The molecule has 1 spiro atoms. The van der Waals surface area contributed by atoms with Gasteiger partial charge in [0.05, 0.1) is 6.54 Å². The predicted molar refractivity (Wildman–Crippen MR) is 82.7 cm³/mol. The van der Waals surface area contributed by atoms with Gasteiger partial charge in [-0.15, -0.1) is 5.92 Å². The molecule has 0 N–H and O–H groups in total. The number of hydrogen-bond acceptors (Lipinski definition) is 3. The van der Waals surface area contributed by atoms with E-state index in [-0.39, 0.29) is 11.7 Å². The first-order valence-corrected chi connectivity index (χ1v) is 8.00. The molecule has 0 atom stereocenters. The van der Waals surface area contributed by atoms with Crippen molar-refractivity contribution >= 4 is 11.7 Å². The van der Waals surface area contributed by atoms with E-state index in [0.29, 0.717) is 18.3 Å². The van der Waals surface area contributed by atoms with Gasteiger partial charge in [0.25, 0.3) is 0 Å². The average Bonchev–Trinajstić information content (AvgIpc) is 2.43. The number of ketones is 1. The summed E-state index contributed by atoms with van der Waals surface area (Å²) in [5.41, 5.74) is 0.348. The number of hydrogen-bond donors (Lipinski definition) is 0. The number of likely N-dealkylation sites (tertiary alicyclic amines) is 2. The molecule has 2 rings (SSSR count). The van der Waals surface area contributed by atoms with Gasteiger partial charge in [0.15, 0.2) is 0 Å². The molecular weight excluding hydrogens is 264 g/mol. The topological polar surface area (TPSA) is 40.6 Å². The van der Waals surface area contributed by atoms with Gasteiger partial charge in [-0.2, -0.15) is 0 Å². The molecular formula is C17H26N2O2. The molecule has 2 aliphatic heterocycles. The maximum atomic E-state index is 11.9. The Hall–Kier alpha value is -1.34. The minimum absolute atomic E-state index is 0.0973. The normalized spacial score (nSPS) is 20.6. The minimum atomic E-state index is 0.0973. The molecule has 0 bridgehead atoms. The number of carbonyl (C=O) groups is 2. The number of carbonyl (C=O) groups excluding carboxylic acids is 2. The van der Waals surface area contributed by atoms with Crippen LogP contribution in [0.3, 0.4) is 0 Å². The van der Waals surface area contributed by atoms with E-state index >= 15 is 0 Å². The Balaban J connectivity index is 1.69. The van der Waals surface area contributed by atoms with Crippen LogP contribution >= 0.6 is 0 Å². The van der Waals surface area contributed by atoms with Crippen LogP contribution in [-0.2, 0) is 9.59 Å². The summed E-state index contributed by atoms with van der Waals surface area (Å²) in [4.78, 5) is 27.2. The van der Waals surface area contributed by atoms with Gasteiger partial charge in [0, 0.05) is 37.8 Å². The number of Topliss-reactive ketones (excluding diaryl/α,β-unsaturated/α-hetero) is 1. The third-order valence-corrected chi connectivity index (χ3v) is 4.62. The van der Waals surface area contributed by atoms with Gasteiger partial charge in [0.2, 0.25) is 5.91 Å². The lowest BCUT2D eigenvalue weighted by Crippen LogP contribution is -2.61.